The van der Waals surface area contributed by atoms with Gasteiger partial charge in [-0.3, -0.25) is 19.7 Å². The first kappa shape index (κ1) is 22.2. The summed E-state index contributed by atoms with van der Waals surface area (Å²) in [6.07, 6.45) is 0.344. The number of nitrogens with zero attached hydrogens (tertiary/aromatic N) is 2. The van der Waals surface area contributed by atoms with Crippen LogP contribution >= 0.6 is 0 Å². The molecule has 0 saturated carbocycles. The lowest BCUT2D eigenvalue weighted by molar-refractivity contribution is -0.385. The zero-order chi connectivity index (χ0) is 23.9. The highest BCUT2D eigenvalue weighted by Gasteiger charge is 2.40. The molecule has 3 aliphatic rings. The second-order valence-corrected chi connectivity index (χ2v) is 7.37. The summed E-state index contributed by atoms with van der Waals surface area (Å²) in [7, 11) is 0. The SMILES string of the molecule is CC.NCC(=O)O[C@@H]1C(=O)OCc2c1cc1n(c2=O)CC2=Cc3c(cccc3[N+](=O)[O-])NC21. The molecule has 0 spiro atoms. The van der Waals surface area contributed by atoms with Crippen molar-refractivity contribution in [3.63, 3.8) is 0 Å². The quantitative estimate of drug-likeness (QED) is 0.402. The first-order valence-corrected chi connectivity index (χ1v) is 10.5. The minimum absolute atomic E-state index is 0.0358. The number of pyridine rings is 1. The fourth-order valence-corrected chi connectivity index (χ4v) is 4.24. The summed E-state index contributed by atoms with van der Waals surface area (Å²) in [5, 5.41) is 14.6. The molecule has 2 atom stereocenters. The Balaban J connectivity index is 0.00000126. The first-order valence-electron chi connectivity index (χ1n) is 10.5. The molecule has 0 amide bonds. The second-order valence-electron chi connectivity index (χ2n) is 7.37. The Morgan fingerprint density at radius 3 is 2.82 bits per heavy atom. The number of cyclic esters (lactones) is 1. The molecule has 3 aliphatic heterocycles. The first-order chi connectivity index (χ1) is 15.9. The number of nitro groups is 1. The van der Waals surface area contributed by atoms with Crippen LogP contribution in [0.5, 0.6) is 0 Å². The number of carbonyl (C=O) groups excluding carboxylic acids is 2. The van der Waals surface area contributed by atoms with Crippen LogP contribution in [0.4, 0.5) is 11.4 Å². The fourth-order valence-electron chi connectivity index (χ4n) is 4.24. The molecule has 1 unspecified atom stereocenters. The Kier molecular flexibility index (Phi) is 5.73. The van der Waals surface area contributed by atoms with Crippen LogP contribution in [0.1, 0.15) is 48.4 Å². The van der Waals surface area contributed by atoms with E-state index in [2.05, 4.69) is 5.32 Å². The smallest absolute Gasteiger partial charge is 0.352 e. The molecule has 0 radical (unpaired) electrons. The maximum atomic E-state index is 13.1. The van der Waals surface area contributed by atoms with E-state index in [1.807, 2.05) is 13.8 Å². The maximum absolute atomic E-state index is 13.1. The van der Waals surface area contributed by atoms with Crippen LogP contribution < -0.4 is 16.6 Å². The zero-order valence-corrected chi connectivity index (χ0v) is 18.0. The molecule has 0 bridgehead atoms. The fraction of sp³-hybridized carbons (Fsp3) is 0.318. The van der Waals surface area contributed by atoms with Crippen LogP contribution in [-0.4, -0.2) is 28.0 Å². The van der Waals surface area contributed by atoms with Crippen LogP contribution in [0.3, 0.4) is 0 Å². The molecule has 4 heterocycles. The third kappa shape index (κ3) is 3.55. The van der Waals surface area contributed by atoms with Gasteiger partial charge in [-0.15, -0.1) is 0 Å². The number of nitro benzene ring substituents is 1. The van der Waals surface area contributed by atoms with Gasteiger partial charge in [0.05, 0.1) is 28.6 Å². The van der Waals surface area contributed by atoms with Crippen molar-refractivity contribution in [1.82, 2.24) is 4.57 Å². The Morgan fingerprint density at radius 2 is 2.12 bits per heavy atom. The van der Waals surface area contributed by atoms with Gasteiger partial charge in [-0.25, -0.2) is 4.79 Å². The lowest BCUT2D eigenvalue weighted by atomic mass is 9.95. The molecule has 11 nitrogen and oxygen atoms in total. The summed E-state index contributed by atoms with van der Waals surface area (Å²) in [5.74, 6) is -1.57. The Bertz CT molecular complexity index is 1260. The largest absolute Gasteiger partial charge is 0.458 e. The normalized spacial score (nSPS) is 19.2. The number of fused-ring (bicyclic) bond motifs is 5. The molecule has 0 fully saturated rings. The highest BCUT2D eigenvalue weighted by atomic mass is 16.6. The number of anilines is 1. The number of hydrogen-bond acceptors (Lipinski definition) is 9. The van der Waals surface area contributed by atoms with Crippen LogP contribution in [0.25, 0.3) is 6.08 Å². The summed E-state index contributed by atoms with van der Waals surface area (Å²) >= 11 is 0. The molecule has 1 aromatic heterocycles. The molecule has 0 aliphatic carbocycles. The van der Waals surface area contributed by atoms with Crippen molar-refractivity contribution in [2.45, 2.75) is 39.1 Å². The van der Waals surface area contributed by atoms with Gasteiger partial charge < -0.3 is 25.1 Å². The lowest BCUT2D eigenvalue weighted by Crippen LogP contribution is -2.35. The van der Waals surface area contributed by atoms with E-state index in [1.165, 1.54) is 10.6 Å². The van der Waals surface area contributed by atoms with Crippen LogP contribution in [0.2, 0.25) is 0 Å². The molecular formula is C22H22N4O7. The van der Waals surface area contributed by atoms with E-state index in [9.17, 15) is 24.5 Å². The standard InChI is InChI=1S/C20H16N4O7.C2H6/c21-6-16(25)31-18-10-5-15-17-9(7-23(15)19(26)12(10)8-30-20(18)27)4-11-13(22-17)2-1-3-14(11)24(28)29;1-2/h1-5,17-18,22H,6-8,21H2;1-2H3/t17?,18-;/m0./s1. The predicted octanol–water partition coefficient (Wildman–Crippen LogP) is 1.95. The van der Waals surface area contributed by atoms with Gasteiger partial charge in [-0.2, -0.15) is 0 Å². The van der Waals surface area contributed by atoms with E-state index in [-0.39, 0.29) is 35.5 Å². The molecule has 3 N–H and O–H groups in total. The van der Waals surface area contributed by atoms with Gasteiger partial charge in [0.25, 0.3) is 11.2 Å². The van der Waals surface area contributed by atoms with Gasteiger partial charge in [0, 0.05) is 29.6 Å². The van der Waals surface area contributed by atoms with E-state index < -0.39 is 35.6 Å². The molecule has 172 valence electrons. The van der Waals surface area contributed by atoms with Gasteiger partial charge in [0.15, 0.2) is 0 Å². The molecule has 33 heavy (non-hydrogen) atoms. The second kappa shape index (κ2) is 8.51. The van der Waals surface area contributed by atoms with Crippen molar-refractivity contribution in [2.24, 2.45) is 5.73 Å². The monoisotopic (exact) mass is 454 g/mol. The number of carbonyl (C=O) groups is 2. The Labute approximate surface area is 187 Å². The van der Waals surface area contributed by atoms with Gasteiger partial charge in [0.1, 0.15) is 6.61 Å². The average molecular weight is 454 g/mol. The summed E-state index contributed by atoms with van der Waals surface area (Å²) in [4.78, 5) is 48.0. The van der Waals surface area contributed by atoms with Crippen LogP contribution in [-0.2, 0) is 32.2 Å². The topological polar surface area (TPSA) is 156 Å². The molecule has 11 heteroatoms. The van der Waals surface area contributed by atoms with Gasteiger partial charge in [-0.1, -0.05) is 19.9 Å². The highest BCUT2D eigenvalue weighted by molar-refractivity contribution is 5.83. The molecule has 1 aromatic carbocycles. The van der Waals surface area contributed by atoms with E-state index in [1.54, 1.807) is 24.3 Å². The predicted molar refractivity (Wildman–Crippen MR) is 117 cm³/mol. The van der Waals surface area contributed by atoms with Crippen molar-refractivity contribution in [2.75, 3.05) is 11.9 Å². The summed E-state index contributed by atoms with van der Waals surface area (Å²) in [6, 6.07) is 5.95. The number of aromatic nitrogens is 1. The van der Waals surface area contributed by atoms with E-state index in [0.29, 0.717) is 16.9 Å². The minimum atomic E-state index is -1.37. The summed E-state index contributed by atoms with van der Waals surface area (Å²) < 4.78 is 11.7. The van der Waals surface area contributed by atoms with E-state index >= 15 is 0 Å². The number of benzene rings is 1. The van der Waals surface area contributed by atoms with Gasteiger partial charge >= 0.3 is 11.9 Å². The van der Waals surface area contributed by atoms with E-state index in [0.717, 1.165) is 5.57 Å². The van der Waals surface area contributed by atoms with Crippen molar-refractivity contribution >= 4 is 29.4 Å². The lowest BCUT2D eigenvalue weighted by Gasteiger charge is -2.26. The number of esters is 2. The van der Waals surface area contributed by atoms with Crippen molar-refractivity contribution in [3.05, 3.63) is 72.7 Å². The number of nitrogens with two attached hydrogens (primary N) is 1. The van der Waals surface area contributed by atoms with Gasteiger partial charge in [-0.05, 0) is 23.8 Å². The summed E-state index contributed by atoms with van der Waals surface area (Å²) in [6.45, 7) is 3.58. The third-order valence-corrected chi connectivity index (χ3v) is 5.65. The number of rotatable bonds is 3. The zero-order valence-electron chi connectivity index (χ0n) is 18.0. The molecular weight excluding hydrogens is 432 g/mol. The van der Waals surface area contributed by atoms with Crippen LogP contribution in [0, 0.1) is 10.1 Å². The van der Waals surface area contributed by atoms with Crippen molar-refractivity contribution in [3.8, 4) is 0 Å². The van der Waals surface area contributed by atoms with Crippen LogP contribution in [0.15, 0.2) is 34.6 Å². The van der Waals surface area contributed by atoms with E-state index in [4.69, 9.17) is 15.2 Å². The number of nitrogens with one attached hydrogen (secondary N) is 1. The average Bonchev–Trinajstić information content (AvgIpc) is 3.18. The number of ether oxygens (including phenoxy) is 2. The molecule has 0 saturated heterocycles. The minimum Gasteiger partial charge on any atom is -0.458 e. The molecule has 2 aromatic rings. The maximum Gasteiger partial charge on any atom is 0.352 e. The number of hydrogen-bond donors (Lipinski definition) is 2. The van der Waals surface area contributed by atoms with Gasteiger partial charge in [0.2, 0.25) is 6.10 Å². The Morgan fingerprint density at radius 1 is 1.36 bits per heavy atom. The highest BCUT2D eigenvalue weighted by Crippen LogP contribution is 2.43. The van der Waals surface area contributed by atoms with Crippen molar-refractivity contribution in [1.29, 1.82) is 0 Å². The molecule has 5 rings (SSSR count). The van der Waals surface area contributed by atoms with Crippen molar-refractivity contribution < 1.29 is 24.0 Å². The summed E-state index contributed by atoms with van der Waals surface area (Å²) in [5.41, 5.74) is 7.70. The third-order valence-electron chi connectivity index (χ3n) is 5.65. The Hall–Kier alpha value is -3.99.